The quantitative estimate of drug-likeness (QED) is 0.512. The predicted octanol–water partition coefficient (Wildman–Crippen LogP) is 5.46. The summed E-state index contributed by atoms with van der Waals surface area (Å²) in [6.07, 6.45) is 1.43. The molecule has 0 unspecified atom stereocenters. The van der Waals surface area contributed by atoms with Crippen LogP contribution in [0.1, 0.15) is 18.4 Å². The highest BCUT2D eigenvalue weighted by Crippen LogP contribution is 2.49. The summed E-state index contributed by atoms with van der Waals surface area (Å²) in [5.74, 6) is -0.182. The third-order valence-electron chi connectivity index (χ3n) is 5.08. The molecule has 0 aliphatic heterocycles. The molecule has 0 radical (unpaired) electrons. The Hall–Kier alpha value is -2.54. The van der Waals surface area contributed by atoms with Crippen LogP contribution >= 0.6 is 23.2 Å². The first kappa shape index (κ1) is 20.7. The molecule has 0 saturated heterocycles. The number of rotatable bonds is 6. The Labute approximate surface area is 185 Å². The minimum absolute atomic E-state index is 0.0211. The summed E-state index contributed by atoms with van der Waals surface area (Å²) < 4.78 is 28.0. The van der Waals surface area contributed by atoms with Crippen molar-refractivity contribution in [3.63, 3.8) is 0 Å². The lowest BCUT2D eigenvalue weighted by molar-refractivity contribution is -0.118. The van der Waals surface area contributed by atoms with Gasteiger partial charge in [-0.2, -0.15) is 0 Å². The van der Waals surface area contributed by atoms with Gasteiger partial charge in [0.2, 0.25) is 5.91 Å². The van der Waals surface area contributed by atoms with Crippen LogP contribution in [0.2, 0.25) is 10.0 Å². The second kappa shape index (κ2) is 7.95. The first-order valence-corrected chi connectivity index (χ1v) is 11.5. The van der Waals surface area contributed by atoms with E-state index in [0.29, 0.717) is 28.6 Å². The summed E-state index contributed by atoms with van der Waals surface area (Å²) in [6, 6.07) is 19.9. The zero-order chi connectivity index (χ0) is 21.4. The van der Waals surface area contributed by atoms with Gasteiger partial charge in [-0.25, -0.2) is 8.42 Å². The lowest BCUT2D eigenvalue weighted by atomic mass is 9.95. The molecule has 1 aliphatic rings. The van der Waals surface area contributed by atoms with Crippen LogP contribution in [-0.4, -0.2) is 14.3 Å². The normalized spacial score (nSPS) is 14.7. The highest BCUT2D eigenvalue weighted by molar-refractivity contribution is 7.92. The molecule has 1 amide bonds. The van der Waals surface area contributed by atoms with Crippen LogP contribution < -0.4 is 10.0 Å². The number of carbonyl (C=O) groups is 1. The van der Waals surface area contributed by atoms with Gasteiger partial charge in [-0.15, -0.1) is 0 Å². The topological polar surface area (TPSA) is 75.3 Å². The van der Waals surface area contributed by atoms with Gasteiger partial charge in [-0.05, 0) is 60.9 Å². The number of anilines is 2. The average Bonchev–Trinajstić information content (AvgIpc) is 3.52. The first-order valence-electron chi connectivity index (χ1n) is 9.25. The number of sulfonamides is 1. The lowest BCUT2D eigenvalue weighted by Gasteiger charge is -2.17. The highest BCUT2D eigenvalue weighted by atomic mass is 35.5. The zero-order valence-electron chi connectivity index (χ0n) is 15.7. The molecule has 3 aromatic carbocycles. The standard InChI is InChI=1S/C22H18Cl2N2O3S/c23-16-6-3-5-15(13-16)22(11-12-22)21(27)25-17-7-4-8-18(14-17)30(28,29)26-20-10-2-1-9-19(20)24/h1-10,13-14,26H,11-12H2,(H,25,27). The number of hydrogen-bond donors (Lipinski definition) is 2. The van der Waals surface area contributed by atoms with Gasteiger partial charge in [0.1, 0.15) is 0 Å². The molecule has 0 spiro atoms. The van der Waals surface area contributed by atoms with Crippen LogP contribution in [0.3, 0.4) is 0 Å². The van der Waals surface area contributed by atoms with Crippen molar-refractivity contribution in [2.45, 2.75) is 23.2 Å². The van der Waals surface area contributed by atoms with Gasteiger partial charge in [0.25, 0.3) is 10.0 Å². The number of carbonyl (C=O) groups excluding carboxylic acids is 1. The number of halogens is 2. The van der Waals surface area contributed by atoms with E-state index in [1.54, 1.807) is 48.5 Å². The Morgan fingerprint density at radius 3 is 2.33 bits per heavy atom. The van der Waals surface area contributed by atoms with E-state index in [1.807, 2.05) is 12.1 Å². The minimum atomic E-state index is -3.87. The van der Waals surface area contributed by atoms with Gasteiger partial charge >= 0.3 is 0 Å². The van der Waals surface area contributed by atoms with E-state index in [2.05, 4.69) is 10.0 Å². The van der Waals surface area contributed by atoms with Crippen LogP contribution in [0.25, 0.3) is 0 Å². The van der Waals surface area contributed by atoms with Gasteiger partial charge in [-0.1, -0.05) is 53.5 Å². The van der Waals surface area contributed by atoms with Crippen LogP contribution in [0.4, 0.5) is 11.4 Å². The number of para-hydroxylation sites is 1. The van der Waals surface area contributed by atoms with E-state index in [0.717, 1.165) is 5.56 Å². The SMILES string of the molecule is O=C(Nc1cccc(S(=O)(=O)Nc2ccccc2Cl)c1)C1(c2cccc(Cl)c2)CC1. The fourth-order valence-electron chi connectivity index (χ4n) is 3.30. The monoisotopic (exact) mass is 460 g/mol. The Morgan fingerprint density at radius 2 is 1.63 bits per heavy atom. The van der Waals surface area contributed by atoms with Crippen molar-refractivity contribution in [3.8, 4) is 0 Å². The van der Waals surface area contributed by atoms with Gasteiger partial charge < -0.3 is 5.32 Å². The van der Waals surface area contributed by atoms with Crippen LogP contribution in [0, 0.1) is 0 Å². The van der Waals surface area contributed by atoms with Crippen molar-refractivity contribution in [1.29, 1.82) is 0 Å². The van der Waals surface area contributed by atoms with Gasteiger partial charge in [0, 0.05) is 10.7 Å². The van der Waals surface area contributed by atoms with Gasteiger partial charge in [-0.3, -0.25) is 9.52 Å². The largest absolute Gasteiger partial charge is 0.325 e. The first-order chi connectivity index (χ1) is 14.3. The molecule has 8 heteroatoms. The third-order valence-corrected chi connectivity index (χ3v) is 7.01. The maximum Gasteiger partial charge on any atom is 0.262 e. The molecule has 3 aromatic rings. The van der Waals surface area contributed by atoms with Crippen molar-refractivity contribution in [1.82, 2.24) is 0 Å². The molecule has 1 fully saturated rings. The van der Waals surface area contributed by atoms with Crippen LogP contribution in [-0.2, 0) is 20.2 Å². The Kier molecular flexibility index (Phi) is 5.49. The molecule has 30 heavy (non-hydrogen) atoms. The van der Waals surface area contributed by atoms with Crippen molar-refractivity contribution in [2.24, 2.45) is 0 Å². The fraction of sp³-hybridized carbons (Fsp3) is 0.136. The van der Waals surface area contributed by atoms with Crippen LogP contribution in [0.15, 0.2) is 77.7 Å². The van der Waals surface area contributed by atoms with Crippen molar-refractivity contribution >= 4 is 50.5 Å². The summed E-state index contributed by atoms with van der Waals surface area (Å²) in [6.45, 7) is 0. The second-order valence-electron chi connectivity index (χ2n) is 7.16. The average molecular weight is 461 g/mol. The Morgan fingerprint density at radius 1 is 0.900 bits per heavy atom. The zero-order valence-corrected chi connectivity index (χ0v) is 18.1. The smallest absolute Gasteiger partial charge is 0.262 e. The van der Waals surface area contributed by atoms with Gasteiger partial charge in [0.05, 0.1) is 21.0 Å². The van der Waals surface area contributed by atoms with E-state index >= 15 is 0 Å². The van der Waals surface area contributed by atoms with Gasteiger partial charge in [0.15, 0.2) is 0 Å². The number of nitrogens with one attached hydrogen (secondary N) is 2. The summed E-state index contributed by atoms with van der Waals surface area (Å²) in [7, 11) is -3.87. The maximum absolute atomic E-state index is 13.0. The second-order valence-corrected chi connectivity index (χ2v) is 9.69. The number of benzene rings is 3. The molecule has 0 atom stereocenters. The molecule has 154 valence electrons. The molecule has 0 heterocycles. The molecule has 0 aromatic heterocycles. The summed E-state index contributed by atoms with van der Waals surface area (Å²) >= 11 is 12.1. The van der Waals surface area contributed by atoms with E-state index in [9.17, 15) is 13.2 Å². The fourth-order valence-corrected chi connectivity index (χ4v) is 4.85. The predicted molar refractivity (Wildman–Crippen MR) is 120 cm³/mol. The number of hydrogen-bond acceptors (Lipinski definition) is 3. The summed E-state index contributed by atoms with van der Waals surface area (Å²) in [5, 5.41) is 3.72. The molecule has 5 nitrogen and oxygen atoms in total. The van der Waals surface area contributed by atoms with E-state index in [-0.39, 0.29) is 16.5 Å². The van der Waals surface area contributed by atoms with Crippen molar-refractivity contribution < 1.29 is 13.2 Å². The van der Waals surface area contributed by atoms with E-state index < -0.39 is 15.4 Å². The van der Waals surface area contributed by atoms with E-state index in [1.165, 1.54) is 12.1 Å². The van der Waals surface area contributed by atoms with E-state index in [4.69, 9.17) is 23.2 Å². The number of amides is 1. The third kappa shape index (κ3) is 4.17. The van der Waals surface area contributed by atoms with Crippen molar-refractivity contribution in [2.75, 3.05) is 10.0 Å². The lowest BCUT2D eigenvalue weighted by Crippen LogP contribution is -2.28. The molecule has 0 bridgehead atoms. The molecule has 1 saturated carbocycles. The Bertz CT molecular complexity index is 1220. The molecule has 4 rings (SSSR count). The highest BCUT2D eigenvalue weighted by Gasteiger charge is 2.51. The molecular weight excluding hydrogens is 443 g/mol. The maximum atomic E-state index is 13.0. The molecular formula is C22H18Cl2N2O3S. The Balaban J connectivity index is 1.55. The molecule has 2 N–H and O–H groups in total. The van der Waals surface area contributed by atoms with Crippen LogP contribution in [0.5, 0.6) is 0 Å². The minimum Gasteiger partial charge on any atom is -0.325 e. The molecule has 1 aliphatic carbocycles. The summed E-state index contributed by atoms with van der Waals surface area (Å²) in [4.78, 5) is 13.0. The van der Waals surface area contributed by atoms with Crippen molar-refractivity contribution in [3.05, 3.63) is 88.4 Å². The summed E-state index contributed by atoms with van der Waals surface area (Å²) in [5.41, 5.74) is 0.911.